The third kappa shape index (κ3) is 5.45. The summed E-state index contributed by atoms with van der Waals surface area (Å²) in [6, 6.07) is 0. The second-order valence-corrected chi connectivity index (χ2v) is 4.67. The number of hydrogen-bond acceptors (Lipinski definition) is 5. The van der Waals surface area contributed by atoms with Crippen molar-refractivity contribution < 1.29 is 14.6 Å². The van der Waals surface area contributed by atoms with Crippen LogP contribution in [0.4, 0.5) is 0 Å². The molecule has 1 unspecified atom stereocenters. The minimum absolute atomic E-state index is 0.0425. The zero-order valence-electron chi connectivity index (χ0n) is 10.7. The maximum atomic E-state index is 11.5. The van der Waals surface area contributed by atoms with Gasteiger partial charge in [-0.3, -0.25) is 9.69 Å². The summed E-state index contributed by atoms with van der Waals surface area (Å²) in [5.41, 5.74) is -0.693. The number of nitrogens with one attached hydrogen (secondary N) is 2. The topological polar surface area (TPSA) is 73.8 Å². The Morgan fingerprint density at radius 1 is 1.65 bits per heavy atom. The van der Waals surface area contributed by atoms with Crippen LogP contribution in [0.3, 0.4) is 0 Å². The van der Waals surface area contributed by atoms with Crippen LogP contribution in [0.25, 0.3) is 0 Å². The molecular weight excluding hydrogens is 222 g/mol. The van der Waals surface area contributed by atoms with Crippen molar-refractivity contribution in [1.29, 1.82) is 0 Å². The molecule has 0 bridgehead atoms. The normalized spacial score (nSPS) is 24.2. The standard InChI is InChI=1S/C11H23N3O3/c1-14(7-10(15)13-5-6-17-2)9-11(16)3-4-12-8-11/h12,16H,3-9H2,1-2H3,(H,13,15). The van der Waals surface area contributed by atoms with E-state index in [1.54, 1.807) is 7.11 Å². The summed E-state index contributed by atoms with van der Waals surface area (Å²) in [6.07, 6.45) is 0.739. The van der Waals surface area contributed by atoms with Crippen molar-refractivity contribution in [3.8, 4) is 0 Å². The van der Waals surface area contributed by atoms with Crippen molar-refractivity contribution in [2.45, 2.75) is 12.0 Å². The Morgan fingerprint density at radius 2 is 2.41 bits per heavy atom. The van der Waals surface area contributed by atoms with Crippen molar-refractivity contribution in [3.05, 3.63) is 0 Å². The largest absolute Gasteiger partial charge is 0.387 e. The van der Waals surface area contributed by atoms with Gasteiger partial charge in [-0.05, 0) is 20.0 Å². The summed E-state index contributed by atoms with van der Waals surface area (Å²) in [5, 5.41) is 16.0. The Labute approximate surface area is 102 Å². The number of amides is 1. The van der Waals surface area contributed by atoms with Crippen LogP contribution in [-0.4, -0.2) is 75.0 Å². The molecule has 0 aliphatic carbocycles. The van der Waals surface area contributed by atoms with Crippen molar-refractivity contribution in [3.63, 3.8) is 0 Å². The van der Waals surface area contributed by atoms with E-state index in [4.69, 9.17) is 4.74 Å². The van der Waals surface area contributed by atoms with Gasteiger partial charge in [-0.1, -0.05) is 0 Å². The highest BCUT2D eigenvalue weighted by atomic mass is 16.5. The number of carbonyl (C=O) groups excluding carboxylic acids is 1. The van der Waals surface area contributed by atoms with Gasteiger partial charge >= 0.3 is 0 Å². The quantitative estimate of drug-likeness (QED) is 0.471. The predicted molar refractivity (Wildman–Crippen MR) is 64.8 cm³/mol. The summed E-state index contributed by atoms with van der Waals surface area (Å²) in [5.74, 6) is -0.0425. The number of carbonyl (C=O) groups is 1. The number of nitrogens with zero attached hydrogens (tertiary/aromatic N) is 1. The lowest BCUT2D eigenvalue weighted by Crippen LogP contribution is -2.46. The van der Waals surface area contributed by atoms with E-state index in [0.717, 1.165) is 13.0 Å². The SMILES string of the molecule is COCCNC(=O)CN(C)CC1(O)CCNC1. The molecule has 6 heteroatoms. The second kappa shape index (κ2) is 6.90. The fourth-order valence-corrected chi connectivity index (χ4v) is 2.02. The lowest BCUT2D eigenvalue weighted by atomic mass is 10.0. The molecule has 100 valence electrons. The number of aliphatic hydroxyl groups is 1. The van der Waals surface area contributed by atoms with Gasteiger partial charge in [-0.2, -0.15) is 0 Å². The molecule has 1 heterocycles. The van der Waals surface area contributed by atoms with Gasteiger partial charge < -0.3 is 20.5 Å². The van der Waals surface area contributed by atoms with Crippen LogP contribution in [0, 0.1) is 0 Å². The van der Waals surface area contributed by atoms with Crippen LogP contribution in [0.5, 0.6) is 0 Å². The molecule has 1 aliphatic heterocycles. The Hall–Kier alpha value is -0.690. The van der Waals surface area contributed by atoms with Crippen molar-refractivity contribution in [1.82, 2.24) is 15.5 Å². The van der Waals surface area contributed by atoms with E-state index in [0.29, 0.717) is 32.8 Å². The van der Waals surface area contributed by atoms with E-state index >= 15 is 0 Å². The summed E-state index contributed by atoms with van der Waals surface area (Å²) in [6.45, 7) is 3.29. The van der Waals surface area contributed by atoms with E-state index in [1.165, 1.54) is 0 Å². The fraction of sp³-hybridized carbons (Fsp3) is 0.909. The summed E-state index contributed by atoms with van der Waals surface area (Å²) in [4.78, 5) is 13.3. The second-order valence-electron chi connectivity index (χ2n) is 4.67. The van der Waals surface area contributed by atoms with Crippen LogP contribution in [0.2, 0.25) is 0 Å². The Morgan fingerprint density at radius 3 is 3.00 bits per heavy atom. The van der Waals surface area contributed by atoms with Crippen LogP contribution < -0.4 is 10.6 Å². The van der Waals surface area contributed by atoms with Crippen molar-refractivity contribution >= 4 is 5.91 Å². The monoisotopic (exact) mass is 245 g/mol. The molecule has 17 heavy (non-hydrogen) atoms. The van der Waals surface area contributed by atoms with Crippen LogP contribution in [-0.2, 0) is 9.53 Å². The lowest BCUT2D eigenvalue weighted by Gasteiger charge is -2.27. The summed E-state index contributed by atoms with van der Waals surface area (Å²) in [7, 11) is 3.44. The molecule has 1 atom stereocenters. The molecule has 0 aromatic rings. The third-order valence-electron chi connectivity index (χ3n) is 2.83. The smallest absolute Gasteiger partial charge is 0.234 e. The summed E-state index contributed by atoms with van der Waals surface area (Å²) >= 11 is 0. The molecule has 0 aromatic heterocycles. The van der Waals surface area contributed by atoms with Gasteiger partial charge in [0, 0.05) is 26.7 Å². The zero-order valence-corrected chi connectivity index (χ0v) is 10.7. The molecule has 0 aromatic carbocycles. The molecule has 3 N–H and O–H groups in total. The van der Waals surface area contributed by atoms with Crippen molar-refractivity contribution in [2.75, 3.05) is 53.5 Å². The van der Waals surface area contributed by atoms with E-state index in [2.05, 4.69) is 10.6 Å². The van der Waals surface area contributed by atoms with Gasteiger partial charge in [-0.15, -0.1) is 0 Å². The number of likely N-dealkylation sites (N-methyl/N-ethyl adjacent to an activating group) is 1. The van der Waals surface area contributed by atoms with Gasteiger partial charge in [0.05, 0.1) is 18.8 Å². The van der Waals surface area contributed by atoms with Gasteiger partial charge in [0.1, 0.15) is 0 Å². The van der Waals surface area contributed by atoms with E-state index in [-0.39, 0.29) is 5.91 Å². The highest BCUT2D eigenvalue weighted by Gasteiger charge is 2.32. The zero-order chi connectivity index (χ0) is 12.7. The Bertz CT molecular complexity index is 242. The number of β-amino-alcohol motifs (C(OH)–C–C–N with tert-alkyl or cyclic N) is 1. The number of methoxy groups -OCH3 is 1. The molecule has 1 aliphatic rings. The lowest BCUT2D eigenvalue weighted by molar-refractivity contribution is -0.122. The Kier molecular flexibility index (Phi) is 5.84. The Balaban J connectivity index is 2.19. The average molecular weight is 245 g/mol. The first-order chi connectivity index (χ1) is 8.06. The first-order valence-electron chi connectivity index (χ1n) is 5.93. The molecule has 0 saturated carbocycles. The van der Waals surface area contributed by atoms with Gasteiger partial charge in [0.2, 0.25) is 5.91 Å². The minimum atomic E-state index is -0.693. The predicted octanol–water partition coefficient (Wildman–Crippen LogP) is -1.59. The third-order valence-corrected chi connectivity index (χ3v) is 2.83. The van der Waals surface area contributed by atoms with Gasteiger partial charge in [-0.25, -0.2) is 0 Å². The molecule has 1 fully saturated rings. The maximum absolute atomic E-state index is 11.5. The van der Waals surface area contributed by atoms with E-state index < -0.39 is 5.60 Å². The number of hydrogen-bond donors (Lipinski definition) is 3. The molecule has 6 nitrogen and oxygen atoms in total. The molecule has 1 amide bonds. The summed E-state index contributed by atoms with van der Waals surface area (Å²) < 4.78 is 4.84. The molecule has 0 radical (unpaired) electrons. The molecule has 1 saturated heterocycles. The number of rotatable bonds is 7. The molecule has 1 rings (SSSR count). The first kappa shape index (κ1) is 14.4. The van der Waals surface area contributed by atoms with Gasteiger partial charge in [0.15, 0.2) is 0 Å². The van der Waals surface area contributed by atoms with Crippen molar-refractivity contribution in [2.24, 2.45) is 0 Å². The molecule has 0 spiro atoms. The minimum Gasteiger partial charge on any atom is -0.387 e. The highest BCUT2D eigenvalue weighted by Crippen LogP contribution is 2.14. The molecular formula is C11H23N3O3. The van der Waals surface area contributed by atoms with E-state index in [1.807, 2.05) is 11.9 Å². The van der Waals surface area contributed by atoms with E-state index in [9.17, 15) is 9.90 Å². The van der Waals surface area contributed by atoms with Crippen LogP contribution in [0.15, 0.2) is 0 Å². The first-order valence-corrected chi connectivity index (χ1v) is 5.93. The average Bonchev–Trinajstić information content (AvgIpc) is 2.64. The fourth-order valence-electron chi connectivity index (χ4n) is 2.02. The maximum Gasteiger partial charge on any atom is 0.234 e. The highest BCUT2D eigenvalue weighted by molar-refractivity contribution is 5.77. The van der Waals surface area contributed by atoms with Crippen LogP contribution >= 0.6 is 0 Å². The van der Waals surface area contributed by atoms with Crippen LogP contribution in [0.1, 0.15) is 6.42 Å². The number of ether oxygens (including phenoxy) is 1. The van der Waals surface area contributed by atoms with Gasteiger partial charge in [0.25, 0.3) is 0 Å².